The summed E-state index contributed by atoms with van der Waals surface area (Å²) >= 11 is 0. The molecule has 0 saturated carbocycles. The number of rotatable bonds is 9. The molecule has 0 heterocycles. The largest absolute Gasteiger partial charge is 0.495 e. The first-order valence-electron chi connectivity index (χ1n) is 7.38. The van der Waals surface area contributed by atoms with E-state index in [2.05, 4.69) is 26.1 Å². The average Bonchev–Trinajstić information content (AvgIpc) is 2.50. The summed E-state index contributed by atoms with van der Waals surface area (Å²) in [4.78, 5) is 0.793. The second kappa shape index (κ2) is 9.14. The third-order valence-electron chi connectivity index (χ3n) is 3.63. The lowest BCUT2D eigenvalue weighted by atomic mass is 10.0. The van der Waals surface area contributed by atoms with Crippen molar-refractivity contribution in [2.24, 2.45) is 5.92 Å². The SMILES string of the molecule is CCCNC(CS(=O)c1ccccc1OC)C(C)CC. The molecule has 0 spiro atoms. The van der Waals surface area contributed by atoms with Crippen molar-refractivity contribution in [3.8, 4) is 5.75 Å². The standard InChI is InChI=1S/C16H27NO2S/c1-5-11-17-14(13(3)6-2)12-20(18)16-10-8-7-9-15(16)19-4/h7-10,13-14,17H,5-6,11-12H2,1-4H3. The zero-order chi connectivity index (χ0) is 15.0. The first-order valence-corrected chi connectivity index (χ1v) is 8.70. The number of benzene rings is 1. The number of ether oxygens (including phenoxy) is 1. The maximum Gasteiger partial charge on any atom is 0.134 e. The Bertz CT molecular complexity index is 423. The minimum atomic E-state index is -1.04. The molecule has 0 aromatic heterocycles. The van der Waals surface area contributed by atoms with Gasteiger partial charge in [-0.05, 0) is 31.0 Å². The Balaban J connectivity index is 2.79. The summed E-state index contributed by atoms with van der Waals surface area (Å²) in [7, 11) is 0.584. The van der Waals surface area contributed by atoms with Gasteiger partial charge in [0.25, 0.3) is 0 Å². The smallest absolute Gasteiger partial charge is 0.134 e. The van der Waals surface area contributed by atoms with Crippen molar-refractivity contribution in [3.63, 3.8) is 0 Å². The molecule has 1 aromatic carbocycles. The summed E-state index contributed by atoms with van der Waals surface area (Å²) in [5.74, 6) is 1.86. The van der Waals surface area contributed by atoms with Crippen molar-refractivity contribution in [2.45, 2.75) is 44.6 Å². The number of hydrogen-bond donors (Lipinski definition) is 1. The van der Waals surface area contributed by atoms with Crippen molar-refractivity contribution in [1.82, 2.24) is 5.32 Å². The summed E-state index contributed by atoms with van der Waals surface area (Å²) in [6, 6.07) is 7.85. The minimum absolute atomic E-state index is 0.283. The second-order valence-electron chi connectivity index (χ2n) is 5.11. The van der Waals surface area contributed by atoms with Crippen molar-refractivity contribution >= 4 is 10.8 Å². The van der Waals surface area contributed by atoms with Crippen LogP contribution in [-0.4, -0.2) is 29.7 Å². The van der Waals surface area contributed by atoms with E-state index in [-0.39, 0.29) is 6.04 Å². The summed E-state index contributed by atoms with van der Waals surface area (Å²) in [6.07, 6.45) is 2.18. The molecule has 0 saturated heterocycles. The summed E-state index contributed by atoms with van der Waals surface area (Å²) in [6.45, 7) is 7.51. The van der Waals surface area contributed by atoms with Crippen molar-refractivity contribution in [1.29, 1.82) is 0 Å². The molecule has 3 nitrogen and oxygen atoms in total. The lowest BCUT2D eigenvalue weighted by Crippen LogP contribution is -2.39. The average molecular weight is 297 g/mol. The van der Waals surface area contributed by atoms with Gasteiger partial charge in [0.05, 0.1) is 22.8 Å². The molecule has 0 aliphatic heterocycles. The molecule has 0 fully saturated rings. The van der Waals surface area contributed by atoms with Crippen LogP contribution in [0.5, 0.6) is 5.75 Å². The van der Waals surface area contributed by atoms with Gasteiger partial charge >= 0.3 is 0 Å². The van der Waals surface area contributed by atoms with Gasteiger partial charge in [-0.25, -0.2) is 0 Å². The molecule has 4 heteroatoms. The Morgan fingerprint density at radius 1 is 1.30 bits per heavy atom. The van der Waals surface area contributed by atoms with Crippen LogP contribution in [-0.2, 0) is 10.8 Å². The van der Waals surface area contributed by atoms with E-state index >= 15 is 0 Å². The fourth-order valence-corrected chi connectivity index (χ4v) is 3.66. The maximum atomic E-state index is 12.6. The monoisotopic (exact) mass is 297 g/mol. The first kappa shape index (κ1) is 17.2. The first-order chi connectivity index (χ1) is 9.63. The third kappa shape index (κ3) is 4.91. The molecule has 0 aliphatic carbocycles. The van der Waals surface area contributed by atoms with E-state index in [4.69, 9.17) is 4.74 Å². The lowest BCUT2D eigenvalue weighted by Gasteiger charge is -2.24. The Hall–Kier alpha value is -0.870. The van der Waals surface area contributed by atoms with Gasteiger partial charge < -0.3 is 10.1 Å². The third-order valence-corrected chi connectivity index (χ3v) is 5.12. The molecule has 1 rings (SSSR count). The van der Waals surface area contributed by atoms with Crippen molar-refractivity contribution in [3.05, 3.63) is 24.3 Å². The van der Waals surface area contributed by atoms with Crippen LogP contribution in [0, 0.1) is 5.92 Å². The number of nitrogens with one attached hydrogen (secondary N) is 1. The van der Waals surface area contributed by atoms with Crippen molar-refractivity contribution < 1.29 is 8.95 Å². The molecule has 1 aromatic rings. The number of hydrogen-bond acceptors (Lipinski definition) is 3. The van der Waals surface area contributed by atoms with E-state index in [0.29, 0.717) is 17.4 Å². The predicted molar refractivity (Wildman–Crippen MR) is 85.8 cm³/mol. The predicted octanol–water partition coefficient (Wildman–Crippen LogP) is 3.22. The van der Waals surface area contributed by atoms with Gasteiger partial charge in [0, 0.05) is 11.8 Å². The number of methoxy groups -OCH3 is 1. The summed E-state index contributed by atoms with van der Waals surface area (Å²) in [5, 5.41) is 3.52. The van der Waals surface area contributed by atoms with Gasteiger partial charge in [-0.3, -0.25) is 4.21 Å². The summed E-state index contributed by atoms with van der Waals surface area (Å²) in [5.41, 5.74) is 0. The highest BCUT2D eigenvalue weighted by Gasteiger charge is 2.20. The van der Waals surface area contributed by atoms with Crippen LogP contribution in [0.1, 0.15) is 33.6 Å². The molecule has 3 atom stereocenters. The van der Waals surface area contributed by atoms with Crippen LogP contribution in [0.4, 0.5) is 0 Å². The van der Waals surface area contributed by atoms with E-state index in [0.717, 1.165) is 24.3 Å². The highest BCUT2D eigenvalue weighted by atomic mass is 32.2. The molecule has 1 N–H and O–H groups in total. The molecule has 0 radical (unpaired) electrons. The zero-order valence-corrected chi connectivity index (χ0v) is 13.8. The Morgan fingerprint density at radius 2 is 2.00 bits per heavy atom. The van der Waals surface area contributed by atoms with Gasteiger partial charge in [-0.1, -0.05) is 39.3 Å². The molecule has 0 aliphatic rings. The molecule has 114 valence electrons. The second-order valence-corrected chi connectivity index (χ2v) is 6.57. The highest BCUT2D eigenvalue weighted by Crippen LogP contribution is 2.23. The normalized spacial score (nSPS) is 15.6. The summed E-state index contributed by atoms with van der Waals surface area (Å²) < 4.78 is 17.9. The minimum Gasteiger partial charge on any atom is -0.495 e. The molecule has 0 bridgehead atoms. The van der Waals surface area contributed by atoms with Crippen LogP contribution in [0.25, 0.3) is 0 Å². The van der Waals surface area contributed by atoms with Crippen molar-refractivity contribution in [2.75, 3.05) is 19.4 Å². The van der Waals surface area contributed by atoms with Gasteiger partial charge in [0.1, 0.15) is 5.75 Å². The molecule has 3 unspecified atom stereocenters. The topological polar surface area (TPSA) is 38.3 Å². The van der Waals surface area contributed by atoms with E-state index in [1.54, 1.807) is 7.11 Å². The van der Waals surface area contributed by atoms with E-state index in [9.17, 15) is 4.21 Å². The molecule has 20 heavy (non-hydrogen) atoms. The van der Waals surface area contributed by atoms with E-state index in [1.807, 2.05) is 24.3 Å². The van der Waals surface area contributed by atoms with Crippen LogP contribution < -0.4 is 10.1 Å². The zero-order valence-electron chi connectivity index (χ0n) is 13.0. The highest BCUT2D eigenvalue weighted by molar-refractivity contribution is 7.85. The van der Waals surface area contributed by atoms with Gasteiger partial charge in [-0.2, -0.15) is 0 Å². The fraction of sp³-hybridized carbons (Fsp3) is 0.625. The van der Waals surface area contributed by atoms with Crippen LogP contribution in [0.15, 0.2) is 29.2 Å². The van der Waals surface area contributed by atoms with Gasteiger partial charge in [-0.15, -0.1) is 0 Å². The van der Waals surface area contributed by atoms with Gasteiger partial charge in [0.15, 0.2) is 0 Å². The fourth-order valence-electron chi connectivity index (χ4n) is 2.10. The molecule has 0 amide bonds. The molecular weight excluding hydrogens is 270 g/mol. The van der Waals surface area contributed by atoms with Gasteiger partial charge in [0.2, 0.25) is 0 Å². The quantitative estimate of drug-likeness (QED) is 0.760. The van der Waals surface area contributed by atoms with Crippen LogP contribution in [0.2, 0.25) is 0 Å². The maximum absolute atomic E-state index is 12.6. The Morgan fingerprint density at radius 3 is 2.60 bits per heavy atom. The Kier molecular flexibility index (Phi) is 7.85. The number of para-hydroxylation sites is 1. The van der Waals surface area contributed by atoms with Crippen LogP contribution in [0.3, 0.4) is 0 Å². The lowest BCUT2D eigenvalue weighted by molar-refractivity contribution is 0.392. The van der Waals surface area contributed by atoms with E-state index in [1.165, 1.54) is 0 Å². The molecular formula is C16H27NO2S. The van der Waals surface area contributed by atoms with Crippen LogP contribution >= 0.6 is 0 Å². The van der Waals surface area contributed by atoms with E-state index < -0.39 is 10.8 Å². The Labute approximate surface area is 125 Å².